The number of ether oxygens (including phenoxy) is 1. The molecule has 2 heterocycles. The zero-order valence-electron chi connectivity index (χ0n) is 17.1. The number of imidazole rings is 1. The number of carbonyl (C=O) groups excluding carboxylic acids is 2. The van der Waals surface area contributed by atoms with E-state index in [0.29, 0.717) is 30.0 Å². The van der Waals surface area contributed by atoms with Crippen molar-refractivity contribution in [2.75, 3.05) is 12.4 Å². The van der Waals surface area contributed by atoms with Crippen molar-refractivity contribution in [1.82, 2.24) is 14.5 Å². The molecule has 152 valence electrons. The second-order valence-electron chi connectivity index (χ2n) is 7.28. The Labute approximate surface area is 170 Å². The summed E-state index contributed by atoms with van der Waals surface area (Å²) in [5.74, 6) is 0.211. The first-order valence-electron chi connectivity index (χ1n) is 10.1. The van der Waals surface area contributed by atoms with Crippen molar-refractivity contribution < 1.29 is 14.3 Å². The Hall–Kier alpha value is -2.02. The van der Waals surface area contributed by atoms with Crippen molar-refractivity contribution >= 4 is 34.7 Å². The van der Waals surface area contributed by atoms with Crippen molar-refractivity contribution in [3.05, 3.63) is 23.8 Å². The highest BCUT2D eigenvalue weighted by atomic mass is 32.2. The van der Waals surface area contributed by atoms with Gasteiger partial charge in [-0.3, -0.25) is 4.79 Å². The standard InChI is InChI=1S/C21H29N3O3S/c1-5-23-18-11-10-16(20(26)27-6-2)12-17(18)22-21(23)28-13-19(25)24-14(3)8-7-9-15(24)4/h10-12,14-15H,5-9,13H2,1-4H3. The van der Waals surface area contributed by atoms with Crippen LogP contribution in [0.2, 0.25) is 0 Å². The molecule has 28 heavy (non-hydrogen) atoms. The molecule has 1 aliphatic heterocycles. The molecule has 0 saturated carbocycles. The smallest absolute Gasteiger partial charge is 0.338 e. The average molecular weight is 404 g/mol. The van der Waals surface area contributed by atoms with E-state index >= 15 is 0 Å². The maximum atomic E-state index is 12.8. The van der Waals surface area contributed by atoms with Crippen LogP contribution < -0.4 is 0 Å². The molecule has 2 aromatic rings. The van der Waals surface area contributed by atoms with Crippen LogP contribution in [0.5, 0.6) is 0 Å². The van der Waals surface area contributed by atoms with E-state index in [1.165, 1.54) is 18.2 Å². The minimum Gasteiger partial charge on any atom is -0.462 e. The molecular weight excluding hydrogens is 374 g/mol. The van der Waals surface area contributed by atoms with Crippen LogP contribution in [-0.2, 0) is 16.1 Å². The molecule has 1 aliphatic rings. The zero-order chi connectivity index (χ0) is 20.3. The third-order valence-electron chi connectivity index (χ3n) is 5.35. The Morgan fingerprint density at radius 1 is 1.21 bits per heavy atom. The Morgan fingerprint density at radius 3 is 2.57 bits per heavy atom. The molecule has 2 unspecified atom stereocenters. The van der Waals surface area contributed by atoms with Crippen LogP contribution in [0.4, 0.5) is 0 Å². The minimum atomic E-state index is -0.340. The van der Waals surface area contributed by atoms with Gasteiger partial charge in [-0.25, -0.2) is 9.78 Å². The van der Waals surface area contributed by atoms with Crippen molar-refractivity contribution in [3.63, 3.8) is 0 Å². The first-order chi connectivity index (χ1) is 13.5. The second-order valence-corrected chi connectivity index (χ2v) is 8.22. The molecule has 1 saturated heterocycles. The summed E-state index contributed by atoms with van der Waals surface area (Å²) >= 11 is 1.47. The highest BCUT2D eigenvalue weighted by Crippen LogP contribution is 2.28. The van der Waals surface area contributed by atoms with Gasteiger partial charge in [-0.15, -0.1) is 0 Å². The van der Waals surface area contributed by atoms with Gasteiger partial charge >= 0.3 is 5.97 Å². The van der Waals surface area contributed by atoms with Crippen LogP contribution in [-0.4, -0.2) is 50.8 Å². The molecule has 2 atom stereocenters. The van der Waals surface area contributed by atoms with Crippen molar-refractivity contribution in [3.8, 4) is 0 Å². The van der Waals surface area contributed by atoms with Crippen molar-refractivity contribution in [1.29, 1.82) is 0 Å². The van der Waals surface area contributed by atoms with Gasteiger partial charge in [0.15, 0.2) is 5.16 Å². The van der Waals surface area contributed by atoms with E-state index in [2.05, 4.69) is 30.3 Å². The summed E-state index contributed by atoms with van der Waals surface area (Å²) in [6.45, 7) is 9.21. The SMILES string of the molecule is CCOC(=O)c1ccc2c(c1)nc(SCC(=O)N1C(C)CCCC1C)n2CC. The number of amides is 1. The Morgan fingerprint density at radius 2 is 1.93 bits per heavy atom. The Kier molecular flexibility index (Phi) is 6.65. The summed E-state index contributed by atoms with van der Waals surface area (Å²) in [6, 6.07) is 6.03. The van der Waals surface area contributed by atoms with E-state index in [1.54, 1.807) is 19.1 Å². The predicted molar refractivity (Wildman–Crippen MR) is 112 cm³/mol. The van der Waals surface area contributed by atoms with Gasteiger partial charge in [-0.2, -0.15) is 0 Å². The lowest BCUT2D eigenvalue weighted by Crippen LogP contribution is -2.48. The monoisotopic (exact) mass is 403 g/mol. The number of aromatic nitrogens is 2. The lowest BCUT2D eigenvalue weighted by atomic mass is 9.98. The van der Waals surface area contributed by atoms with E-state index in [-0.39, 0.29) is 11.9 Å². The number of likely N-dealkylation sites (tertiary alicyclic amines) is 1. The average Bonchev–Trinajstić information content (AvgIpc) is 3.03. The quantitative estimate of drug-likeness (QED) is 0.536. The van der Waals surface area contributed by atoms with Crippen LogP contribution in [0.15, 0.2) is 23.4 Å². The third kappa shape index (κ3) is 4.19. The number of hydrogen-bond donors (Lipinski definition) is 0. The highest BCUT2D eigenvalue weighted by molar-refractivity contribution is 7.99. The molecule has 0 spiro atoms. The van der Waals surface area contributed by atoms with Gasteiger partial charge in [0.2, 0.25) is 5.91 Å². The van der Waals surface area contributed by atoms with Gasteiger partial charge < -0.3 is 14.2 Å². The fraction of sp³-hybridized carbons (Fsp3) is 0.571. The van der Waals surface area contributed by atoms with E-state index < -0.39 is 0 Å². The Balaban J connectivity index is 1.78. The van der Waals surface area contributed by atoms with Crippen molar-refractivity contribution in [2.24, 2.45) is 0 Å². The lowest BCUT2D eigenvalue weighted by molar-refractivity contribution is -0.134. The number of aryl methyl sites for hydroxylation is 1. The summed E-state index contributed by atoms with van der Waals surface area (Å²) in [5, 5.41) is 0.809. The molecule has 3 rings (SSSR count). The summed E-state index contributed by atoms with van der Waals surface area (Å²) < 4.78 is 7.17. The number of carbonyl (C=O) groups is 2. The number of nitrogens with zero attached hydrogens (tertiary/aromatic N) is 3. The van der Waals surface area contributed by atoms with Crippen LogP contribution in [0.25, 0.3) is 11.0 Å². The van der Waals surface area contributed by atoms with Crippen LogP contribution in [0, 0.1) is 0 Å². The molecule has 1 amide bonds. The molecular formula is C21H29N3O3S. The largest absolute Gasteiger partial charge is 0.462 e. The van der Waals surface area contributed by atoms with Gasteiger partial charge in [-0.05, 0) is 65.2 Å². The number of esters is 1. The fourth-order valence-electron chi connectivity index (χ4n) is 3.98. The summed E-state index contributed by atoms with van der Waals surface area (Å²) in [5.41, 5.74) is 2.21. The summed E-state index contributed by atoms with van der Waals surface area (Å²) in [4.78, 5) is 31.5. The van der Waals surface area contributed by atoms with Gasteiger partial charge in [0, 0.05) is 18.6 Å². The molecule has 7 heteroatoms. The molecule has 1 fully saturated rings. The first-order valence-corrected chi connectivity index (χ1v) is 11.1. The highest BCUT2D eigenvalue weighted by Gasteiger charge is 2.29. The van der Waals surface area contributed by atoms with Crippen LogP contribution >= 0.6 is 11.8 Å². The number of thioether (sulfide) groups is 1. The maximum absolute atomic E-state index is 12.8. The number of benzene rings is 1. The molecule has 1 aromatic carbocycles. The molecule has 0 radical (unpaired) electrons. The first kappa shape index (κ1) is 20.7. The summed E-state index contributed by atoms with van der Waals surface area (Å²) in [6.07, 6.45) is 3.34. The molecule has 0 bridgehead atoms. The van der Waals surface area contributed by atoms with Crippen LogP contribution in [0.3, 0.4) is 0 Å². The van der Waals surface area contributed by atoms with Crippen LogP contribution in [0.1, 0.15) is 57.3 Å². The lowest BCUT2D eigenvalue weighted by Gasteiger charge is -2.39. The number of hydrogen-bond acceptors (Lipinski definition) is 5. The fourth-order valence-corrected chi connectivity index (χ4v) is 4.93. The normalized spacial score (nSPS) is 19.8. The topological polar surface area (TPSA) is 64.4 Å². The van der Waals surface area contributed by atoms with Gasteiger partial charge in [-0.1, -0.05) is 11.8 Å². The summed E-state index contributed by atoms with van der Waals surface area (Å²) in [7, 11) is 0. The molecule has 6 nitrogen and oxygen atoms in total. The maximum Gasteiger partial charge on any atom is 0.338 e. The Bertz CT molecular complexity index is 854. The number of piperidine rings is 1. The molecule has 1 aromatic heterocycles. The van der Waals surface area contributed by atoms with Gasteiger partial charge in [0.05, 0.1) is 29.0 Å². The molecule has 0 N–H and O–H groups in total. The third-order valence-corrected chi connectivity index (χ3v) is 6.31. The number of fused-ring (bicyclic) bond motifs is 1. The molecule has 0 aliphatic carbocycles. The zero-order valence-corrected chi connectivity index (χ0v) is 17.9. The predicted octanol–water partition coefficient (Wildman–Crippen LogP) is 4.11. The van der Waals surface area contributed by atoms with Crippen molar-refractivity contribution in [2.45, 2.75) is 70.7 Å². The second kappa shape index (κ2) is 8.99. The van der Waals surface area contributed by atoms with E-state index in [0.717, 1.165) is 35.6 Å². The van der Waals surface area contributed by atoms with E-state index in [1.807, 2.05) is 11.0 Å². The number of rotatable bonds is 6. The van der Waals surface area contributed by atoms with Gasteiger partial charge in [0.25, 0.3) is 0 Å². The van der Waals surface area contributed by atoms with Gasteiger partial charge in [0.1, 0.15) is 0 Å². The van der Waals surface area contributed by atoms with E-state index in [4.69, 9.17) is 4.74 Å². The minimum absolute atomic E-state index is 0.173. The van der Waals surface area contributed by atoms with E-state index in [9.17, 15) is 9.59 Å².